The molecule has 0 fully saturated rings. The number of ether oxygens (including phenoxy) is 2. The van der Waals surface area contributed by atoms with Crippen LogP contribution >= 0.6 is 7.82 Å². The Morgan fingerprint density at radius 2 is 0.793 bits per heavy atom. The van der Waals surface area contributed by atoms with Crippen LogP contribution in [0.15, 0.2) is 60.8 Å². The molecule has 0 rings (SSSR count). The van der Waals surface area contributed by atoms with Crippen LogP contribution in [0.4, 0.5) is 0 Å². The van der Waals surface area contributed by atoms with Crippen molar-refractivity contribution in [3.63, 3.8) is 0 Å². The van der Waals surface area contributed by atoms with E-state index in [9.17, 15) is 14.2 Å². The van der Waals surface area contributed by atoms with E-state index in [1.165, 1.54) is 128 Å². The first-order valence-electron chi connectivity index (χ1n) is 23.6. The molecule has 0 unspecified atom stereocenters. The van der Waals surface area contributed by atoms with Crippen LogP contribution in [0.1, 0.15) is 219 Å². The summed E-state index contributed by atoms with van der Waals surface area (Å²) < 4.78 is 26.4. The van der Waals surface area contributed by atoms with E-state index in [1.807, 2.05) is 6.08 Å². The summed E-state index contributed by atoms with van der Waals surface area (Å²) in [6.07, 6.45) is 56.9. The molecular weight excluding hydrogens is 748 g/mol. The number of carbonyl (C=O) groups is 2. The molecule has 0 bridgehead atoms. The maximum Gasteiger partial charge on any atom is 0.469 e. The van der Waals surface area contributed by atoms with Gasteiger partial charge in [-0.15, -0.1) is 0 Å². The van der Waals surface area contributed by atoms with Crippen molar-refractivity contribution in [3.05, 3.63) is 60.8 Å². The Labute approximate surface area is 356 Å². The number of esters is 2. The molecule has 0 amide bonds. The lowest BCUT2D eigenvalue weighted by atomic mass is 10.0. The Morgan fingerprint density at radius 1 is 0.448 bits per heavy atom. The molecule has 0 aromatic heterocycles. The average molecular weight is 835 g/mol. The minimum absolute atomic E-state index is 0.140. The third-order valence-corrected chi connectivity index (χ3v) is 10.5. The third-order valence-electron chi connectivity index (χ3n) is 9.99. The Balaban J connectivity index is 3.98. The van der Waals surface area contributed by atoms with Crippen LogP contribution in [0.3, 0.4) is 0 Å². The van der Waals surface area contributed by atoms with E-state index < -0.39 is 32.5 Å². The molecule has 0 radical (unpaired) electrons. The van der Waals surface area contributed by atoms with Crippen LogP contribution in [0.5, 0.6) is 0 Å². The van der Waals surface area contributed by atoms with Crippen LogP contribution in [0, 0.1) is 0 Å². The number of unbranched alkanes of at least 4 members (excludes halogenated alkanes) is 23. The van der Waals surface area contributed by atoms with E-state index in [-0.39, 0.29) is 19.4 Å². The van der Waals surface area contributed by atoms with Gasteiger partial charge in [-0.2, -0.15) is 0 Å². The molecule has 9 heteroatoms. The highest BCUT2D eigenvalue weighted by molar-refractivity contribution is 7.46. The first kappa shape index (κ1) is 55.8. The highest BCUT2D eigenvalue weighted by Crippen LogP contribution is 2.36. The standard InChI is InChI=1S/C49H87O8P/c1-3-5-7-9-11-13-15-17-19-21-22-23-24-25-26-28-30-32-34-36-38-40-42-44-49(51)57-47(46-56-58(52,53)54)45-55-48(50)43-41-39-37-35-33-31-29-27-20-18-16-14-12-10-8-6-4-2/h18,20,28-31,35-38,47H,3-17,19,21-27,32-34,39-46H2,1-2H3,(H2,52,53,54)/b20-18+,30-28+,31-29+,37-35+,38-36+/t47-/m1/s1. The third kappa shape index (κ3) is 46.4. The number of phosphoric ester groups is 1. The SMILES string of the molecule is CCCCCCCC/C=C/C/C=C/C/C=C/CCCC(=O)OC[C@H](COP(=O)(O)O)OC(=O)CCC/C=C/CC/C=C/CCCCCCCCCCCCCCCC. The molecule has 2 N–H and O–H groups in total. The summed E-state index contributed by atoms with van der Waals surface area (Å²) >= 11 is 0. The van der Waals surface area contributed by atoms with Crippen molar-refractivity contribution in [3.8, 4) is 0 Å². The van der Waals surface area contributed by atoms with E-state index in [2.05, 4.69) is 73.1 Å². The summed E-state index contributed by atoms with van der Waals surface area (Å²) in [6.45, 7) is 3.62. The lowest BCUT2D eigenvalue weighted by Gasteiger charge is -2.18. The quantitative estimate of drug-likeness (QED) is 0.0270. The van der Waals surface area contributed by atoms with Gasteiger partial charge < -0.3 is 19.3 Å². The fourth-order valence-electron chi connectivity index (χ4n) is 6.47. The number of carbonyl (C=O) groups excluding carboxylic acids is 2. The van der Waals surface area contributed by atoms with E-state index in [4.69, 9.17) is 19.3 Å². The zero-order chi connectivity index (χ0) is 42.5. The summed E-state index contributed by atoms with van der Waals surface area (Å²) in [6, 6.07) is 0. The largest absolute Gasteiger partial charge is 0.469 e. The smallest absolute Gasteiger partial charge is 0.462 e. The molecule has 1 atom stereocenters. The minimum Gasteiger partial charge on any atom is -0.462 e. The molecule has 0 saturated heterocycles. The molecular formula is C49H87O8P. The van der Waals surface area contributed by atoms with Crippen LogP contribution < -0.4 is 0 Å². The van der Waals surface area contributed by atoms with Crippen molar-refractivity contribution in [1.82, 2.24) is 0 Å². The second-order valence-corrected chi connectivity index (χ2v) is 17.0. The minimum atomic E-state index is -4.78. The zero-order valence-corrected chi connectivity index (χ0v) is 38.1. The first-order valence-corrected chi connectivity index (χ1v) is 25.1. The second kappa shape index (κ2) is 44.3. The van der Waals surface area contributed by atoms with Gasteiger partial charge in [0, 0.05) is 12.8 Å². The summed E-state index contributed by atoms with van der Waals surface area (Å²) in [5.41, 5.74) is 0. The Morgan fingerprint density at radius 3 is 1.22 bits per heavy atom. The van der Waals surface area contributed by atoms with Crippen molar-refractivity contribution in [1.29, 1.82) is 0 Å². The molecule has 0 aliphatic heterocycles. The summed E-state index contributed by atoms with van der Waals surface area (Å²) in [5.74, 6) is -0.994. The first-order chi connectivity index (χ1) is 28.3. The maximum absolute atomic E-state index is 12.4. The summed E-state index contributed by atoms with van der Waals surface area (Å²) in [5, 5.41) is 0. The molecule has 0 aromatic carbocycles. The highest BCUT2D eigenvalue weighted by atomic mass is 31.2. The predicted octanol–water partition coefficient (Wildman–Crippen LogP) is 14.9. The number of hydrogen-bond acceptors (Lipinski definition) is 6. The van der Waals surface area contributed by atoms with Crippen LogP contribution in [0.2, 0.25) is 0 Å². The van der Waals surface area contributed by atoms with E-state index in [0.29, 0.717) is 12.8 Å². The van der Waals surface area contributed by atoms with Crippen LogP contribution in [-0.2, 0) is 28.2 Å². The Bertz CT molecular complexity index is 1120. The highest BCUT2D eigenvalue weighted by Gasteiger charge is 2.22. The van der Waals surface area contributed by atoms with E-state index in [1.54, 1.807) is 0 Å². The molecule has 0 saturated carbocycles. The molecule has 8 nitrogen and oxygen atoms in total. The number of allylic oxidation sites excluding steroid dienone is 10. The molecule has 0 heterocycles. The topological polar surface area (TPSA) is 119 Å². The van der Waals surface area contributed by atoms with Gasteiger partial charge in [0.05, 0.1) is 6.61 Å². The fraction of sp³-hybridized carbons (Fsp3) is 0.755. The number of hydrogen-bond donors (Lipinski definition) is 2. The molecule has 336 valence electrons. The van der Waals surface area contributed by atoms with Gasteiger partial charge in [-0.3, -0.25) is 14.1 Å². The van der Waals surface area contributed by atoms with Crippen molar-refractivity contribution >= 4 is 19.8 Å². The van der Waals surface area contributed by atoms with E-state index in [0.717, 1.165) is 51.4 Å². The van der Waals surface area contributed by atoms with Crippen molar-refractivity contribution in [2.24, 2.45) is 0 Å². The normalized spacial score (nSPS) is 13.0. The molecule has 0 aliphatic carbocycles. The van der Waals surface area contributed by atoms with Crippen molar-refractivity contribution in [2.75, 3.05) is 13.2 Å². The Kier molecular flexibility index (Phi) is 42.6. The van der Waals surface area contributed by atoms with Gasteiger partial charge in [0.25, 0.3) is 0 Å². The van der Waals surface area contributed by atoms with Gasteiger partial charge in [-0.25, -0.2) is 4.57 Å². The van der Waals surface area contributed by atoms with Gasteiger partial charge in [-0.05, 0) is 77.0 Å². The lowest BCUT2D eigenvalue weighted by Crippen LogP contribution is -2.29. The van der Waals surface area contributed by atoms with Gasteiger partial charge in [0.2, 0.25) is 0 Å². The summed E-state index contributed by atoms with van der Waals surface area (Å²) in [4.78, 5) is 42.9. The predicted molar refractivity (Wildman–Crippen MR) is 244 cm³/mol. The van der Waals surface area contributed by atoms with Gasteiger partial charge >= 0.3 is 19.8 Å². The van der Waals surface area contributed by atoms with E-state index >= 15 is 0 Å². The van der Waals surface area contributed by atoms with Crippen molar-refractivity contribution in [2.45, 2.75) is 225 Å². The number of phosphoric acid groups is 1. The monoisotopic (exact) mass is 835 g/mol. The maximum atomic E-state index is 12.4. The van der Waals surface area contributed by atoms with Gasteiger partial charge in [-0.1, -0.05) is 190 Å². The zero-order valence-electron chi connectivity index (χ0n) is 37.2. The Hall–Kier alpha value is -2.25. The molecule has 0 spiro atoms. The molecule has 0 aliphatic rings. The van der Waals surface area contributed by atoms with Gasteiger partial charge in [0.1, 0.15) is 6.61 Å². The second-order valence-electron chi connectivity index (χ2n) is 15.7. The lowest BCUT2D eigenvalue weighted by molar-refractivity contribution is -0.161. The fourth-order valence-corrected chi connectivity index (χ4v) is 6.83. The van der Waals surface area contributed by atoms with Crippen LogP contribution in [-0.4, -0.2) is 41.0 Å². The molecule has 0 aromatic rings. The van der Waals surface area contributed by atoms with Gasteiger partial charge in [0.15, 0.2) is 6.10 Å². The number of rotatable bonds is 43. The van der Waals surface area contributed by atoms with Crippen molar-refractivity contribution < 1.29 is 37.9 Å². The molecule has 58 heavy (non-hydrogen) atoms. The average Bonchev–Trinajstić information content (AvgIpc) is 3.20. The van der Waals surface area contributed by atoms with Crippen LogP contribution in [0.25, 0.3) is 0 Å². The summed E-state index contributed by atoms with van der Waals surface area (Å²) in [7, 11) is -4.78.